The second-order valence-electron chi connectivity index (χ2n) is 3.81. The van der Waals surface area contributed by atoms with Crippen LogP contribution in [0.5, 0.6) is 0 Å². The molecule has 0 radical (unpaired) electrons. The molecule has 2 rings (SSSR count). The van der Waals surface area contributed by atoms with Gasteiger partial charge in [0, 0.05) is 18.2 Å². The van der Waals surface area contributed by atoms with Gasteiger partial charge in [-0.3, -0.25) is 0 Å². The molecule has 1 heterocycles. The van der Waals surface area contributed by atoms with Gasteiger partial charge in [-0.2, -0.15) is 0 Å². The van der Waals surface area contributed by atoms with Crippen molar-refractivity contribution < 1.29 is 33.9 Å². The number of halogens is 1. The number of aliphatic hydroxyl groups excluding tert-OH is 1. The Morgan fingerprint density at radius 3 is 2.82 bits per heavy atom. The van der Waals surface area contributed by atoms with E-state index in [0.29, 0.717) is 6.54 Å². The van der Waals surface area contributed by atoms with E-state index in [4.69, 9.17) is 16.7 Å². The molecule has 17 heavy (non-hydrogen) atoms. The van der Waals surface area contributed by atoms with Crippen molar-refractivity contribution in [1.29, 1.82) is 0 Å². The van der Waals surface area contributed by atoms with Crippen molar-refractivity contribution >= 4 is 23.3 Å². The molecule has 86 valence electrons. The van der Waals surface area contributed by atoms with Crippen LogP contribution >= 0.6 is 11.6 Å². The molecule has 1 fully saturated rings. The van der Waals surface area contributed by atoms with Gasteiger partial charge in [0.1, 0.15) is 5.50 Å². The molecule has 1 aromatic rings. The third-order valence-corrected chi connectivity index (χ3v) is 3.36. The largest absolute Gasteiger partial charge is 1.00 e. The SMILES string of the molecule is O=C([O-])c1cccc(N2CC(CO)C2Cl)c1.[Li+]. The monoisotopic (exact) mass is 247 g/mol. The third kappa shape index (κ3) is 2.78. The number of aliphatic hydroxyl groups is 1. The number of anilines is 1. The molecule has 6 heteroatoms. The number of nitrogens with zero attached hydrogens (tertiary/aromatic N) is 1. The molecular formula is C11H11ClLiNO3. The quantitative estimate of drug-likeness (QED) is 0.352. The van der Waals surface area contributed by atoms with Crippen LogP contribution in [-0.2, 0) is 0 Å². The van der Waals surface area contributed by atoms with E-state index in [1.54, 1.807) is 12.1 Å². The summed E-state index contributed by atoms with van der Waals surface area (Å²) in [6, 6.07) is 6.44. The summed E-state index contributed by atoms with van der Waals surface area (Å²) in [5, 5.41) is 19.6. The maximum atomic E-state index is 10.7. The fourth-order valence-electron chi connectivity index (χ4n) is 1.76. The van der Waals surface area contributed by atoms with Crippen molar-refractivity contribution in [3.05, 3.63) is 29.8 Å². The summed E-state index contributed by atoms with van der Waals surface area (Å²) in [4.78, 5) is 12.5. The summed E-state index contributed by atoms with van der Waals surface area (Å²) < 4.78 is 0. The van der Waals surface area contributed by atoms with Gasteiger partial charge < -0.3 is 19.9 Å². The third-order valence-electron chi connectivity index (χ3n) is 2.77. The molecule has 1 N–H and O–H groups in total. The van der Waals surface area contributed by atoms with Crippen molar-refractivity contribution in [3.63, 3.8) is 0 Å². The van der Waals surface area contributed by atoms with Gasteiger partial charge in [0.2, 0.25) is 0 Å². The Hall–Kier alpha value is -0.663. The number of rotatable bonds is 3. The van der Waals surface area contributed by atoms with Crippen molar-refractivity contribution in [1.82, 2.24) is 0 Å². The van der Waals surface area contributed by atoms with Gasteiger partial charge in [0.25, 0.3) is 0 Å². The molecule has 0 spiro atoms. The van der Waals surface area contributed by atoms with Gasteiger partial charge in [0.15, 0.2) is 0 Å². The molecule has 0 amide bonds. The Labute approximate surface area is 116 Å². The van der Waals surface area contributed by atoms with Crippen LogP contribution in [0.15, 0.2) is 24.3 Å². The molecule has 0 aromatic heterocycles. The maximum Gasteiger partial charge on any atom is 1.00 e. The Morgan fingerprint density at radius 1 is 1.59 bits per heavy atom. The molecule has 0 saturated carbocycles. The van der Waals surface area contributed by atoms with Crippen LogP contribution < -0.4 is 28.9 Å². The summed E-state index contributed by atoms with van der Waals surface area (Å²) in [7, 11) is 0. The summed E-state index contributed by atoms with van der Waals surface area (Å²) >= 11 is 6.05. The van der Waals surface area contributed by atoms with Gasteiger partial charge in [0.05, 0.1) is 12.6 Å². The molecule has 1 aromatic carbocycles. The Kier molecular flexibility index (Phi) is 4.90. The molecule has 1 aliphatic rings. The summed E-state index contributed by atoms with van der Waals surface area (Å²) in [6.45, 7) is 0.687. The fraction of sp³-hybridized carbons (Fsp3) is 0.364. The van der Waals surface area contributed by atoms with E-state index in [2.05, 4.69) is 0 Å². The van der Waals surface area contributed by atoms with Crippen molar-refractivity contribution in [2.24, 2.45) is 5.92 Å². The minimum Gasteiger partial charge on any atom is -0.545 e. The zero-order valence-electron chi connectivity index (χ0n) is 9.47. The summed E-state index contributed by atoms with van der Waals surface area (Å²) in [5.41, 5.74) is 0.599. The van der Waals surface area contributed by atoms with Crippen LogP contribution in [0.2, 0.25) is 0 Å². The number of hydrogen-bond donors (Lipinski definition) is 1. The number of carboxylic acids is 1. The topological polar surface area (TPSA) is 63.6 Å². The van der Waals surface area contributed by atoms with Crippen molar-refractivity contribution in [2.75, 3.05) is 18.1 Å². The first-order chi connectivity index (χ1) is 7.63. The zero-order chi connectivity index (χ0) is 11.7. The van der Waals surface area contributed by atoms with Gasteiger partial charge in [-0.05, 0) is 17.7 Å². The average molecular weight is 248 g/mol. The molecule has 2 unspecified atom stereocenters. The van der Waals surface area contributed by atoms with E-state index in [1.807, 2.05) is 4.90 Å². The molecule has 4 nitrogen and oxygen atoms in total. The van der Waals surface area contributed by atoms with E-state index in [1.165, 1.54) is 12.1 Å². The predicted molar refractivity (Wildman–Crippen MR) is 58.3 cm³/mol. The number of carbonyl (C=O) groups is 1. The van der Waals surface area contributed by atoms with Gasteiger partial charge >= 0.3 is 18.9 Å². The summed E-state index contributed by atoms with van der Waals surface area (Å²) in [6.07, 6.45) is 0. The molecule has 1 aliphatic heterocycles. The first-order valence-corrected chi connectivity index (χ1v) is 5.40. The van der Waals surface area contributed by atoms with Gasteiger partial charge in [-0.25, -0.2) is 0 Å². The van der Waals surface area contributed by atoms with Crippen LogP contribution in [0.4, 0.5) is 5.69 Å². The maximum absolute atomic E-state index is 10.7. The number of benzene rings is 1. The number of alkyl halides is 1. The number of aromatic carboxylic acids is 1. The Balaban J connectivity index is 0.00000144. The van der Waals surface area contributed by atoms with Crippen molar-refractivity contribution in [3.8, 4) is 0 Å². The van der Waals surface area contributed by atoms with Crippen LogP contribution in [0, 0.1) is 5.92 Å². The fourth-order valence-corrected chi connectivity index (χ4v) is 2.11. The van der Waals surface area contributed by atoms with E-state index >= 15 is 0 Å². The van der Waals surface area contributed by atoms with E-state index in [-0.39, 0.29) is 42.4 Å². The standard InChI is InChI=1S/C11H12ClNO3.Li/c12-10-8(6-14)5-13(10)9-3-1-2-7(4-9)11(15)16;/h1-4,8,10,14H,5-6H2,(H,15,16);/q;+1/p-1. The van der Waals surface area contributed by atoms with Crippen LogP contribution in [0.1, 0.15) is 10.4 Å². The van der Waals surface area contributed by atoms with E-state index in [0.717, 1.165) is 5.69 Å². The molecular weight excluding hydrogens is 237 g/mol. The van der Waals surface area contributed by atoms with Gasteiger partial charge in [-0.15, -0.1) is 0 Å². The van der Waals surface area contributed by atoms with Gasteiger partial charge in [-0.1, -0.05) is 23.7 Å². The zero-order valence-corrected chi connectivity index (χ0v) is 10.2. The minimum atomic E-state index is -1.20. The van der Waals surface area contributed by atoms with E-state index in [9.17, 15) is 9.90 Å². The van der Waals surface area contributed by atoms with E-state index < -0.39 is 5.97 Å². The predicted octanol–water partition coefficient (Wildman–Crippen LogP) is -2.95. The van der Waals surface area contributed by atoms with Crippen LogP contribution in [-0.4, -0.2) is 29.7 Å². The normalized spacial score (nSPS) is 22.6. The molecule has 0 aliphatic carbocycles. The first kappa shape index (κ1) is 14.4. The Bertz CT molecular complexity index is 415. The minimum absolute atomic E-state index is 0. The number of hydrogen-bond acceptors (Lipinski definition) is 4. The molecule has 2 atom stereocenters. The Morgan fingerprint density at radius 2 is 2.29 bits per heavy atom. The molecule has 0 bridgehead atoms. The van der Waals surface area contributed by atoms with Crippen LogP contribution in [0.3, 0.4) is 0 Å². The molecule has 1 saturated heterocycles. The second-order valence-corrected chi connectivity index (χ2v) is 4.25. The summed E-state index contributed by atoms with van der Waals surface area (Å²) in [5.74, 6) is -1.15. The first-order valence-electron chi connectivity index (χ1n) is 4.96. The second kappa shape index (κ2) is 5.79. The number of carbonyl (C=O) groups excluding carboxylic acids is 1. The van der Waals surface area contributed by atoms with Crippen LogP contribution in [0.25, 0.3) is 0 Å². The van der Waals surface area contributed by atoms with Crippen molar-refractivity contribution in [2.45, 2.75) is 5.50 Å². The number of carboxylic acid groups (broad SMARTS) is 1. The smallest absolute Gasteiger partial charge is 0.545 e. The average Bonchev–Trinajstić information content (AvgIpc) is 2.28.